The van der Waals surface area contributed by atoms with Gasteiger partial charge < -0.3 is 0 Å². The zero-order chi connectivity index (χ0) is 21.8. The summed E-state index contributed by atoms with van der Waals surface area (Å²) in [6.07, 6.45) is 2.78. The summed E-state index contributed by atoms with van der Waals surface area (Å²) in [6, 6.07) is 21.5. The van der Waals surface area contributed by atoms with Crippen molar-refractivity contribution in [3.8, 4) is 11.3 Å². The molecule has 1 heterocycles. The molecule has 3 aromatic carbocycles. The van der Waals surface area contributed by atoms with E-state index in [0.29, 0.717) is 22.7 Å². The molecule has 7 heteroatoms. The fourth-order valence-electron chi connectivity index (χ4n) is 3.53. The summed E-state index contributed by atoms with van der Waals surface area (Å²) in [5.74, 6) is 0. The number of rotatable bonds is 7. The Morgan fingerprint density at radius 1 is 0.935 bits per heavy atom. The highest BCUT2D eigenvalue weighted by atomic mass is 35.5. The van der Waals surface area contributed by atoms with Gasteiger partial charge in [0, 0.05) is 28.9 Å². The van der Waals surface area contributed by atoms with Gasteiger partial charge in [-0.15, -0.1) is 0 Å². The number of carbonyl (C=O) groups excluding carboxylic acids is 1. The van der Waals surface area contributed by atoms with Crippen LogP contribution in [0.15, 0.2) is 83.9 Å². The van der Waals surface area contributed by atoms with E-state index >= 15 is 0 Å². The number of halogens is 1. The average Bonchev–Trinajstić information content (AvgIpc) is 2.78. The molecule has 0 unspecified atom stereocenters. The van der Waals surface area contributed by atoms with Crippen molar-refractivity contribution in [1.82, 2.24) is 9.71 Å². The van der Waals surface area contributed by atoms with E-state index in [1.54, 1.807) is 12.3 Å². The van der Waals surface area contributed by atoms with Crippen molar-refractivity contribution in [2.24, 2.45) is 0 Å². The Kier molecular flexibility index (Phi) is 6.13. The molecule has 4 rings (SSSR count). The predicted octanol–water partition coefficient (Wildman–Crippen LogP) is 4.89. The Balaban J connectivity index is 1.60. The van der Waals surface area contributed by atoms with E-state index in [1.807, 2.05) is 42.5 Å². The molecule has 5 nitrogen and oxygen atoms in total. The molecule has 4 aromatic rings. The lowest BCUT2D eigenvalue weighted by atomic mass is 9.96. The Bertz CT molecular complexity index is 1350. The summed E-state index contributed by atoms with van der Waals surface area (Å²) in [5, 5.41) is 2.52. The Morgan fingerprint density at radius 2 is 1.68 bits per heavy atom. The third kappa shape index (κ3) is 4.51. The Hall–Kier alpha value is -3.06. The van der Waals surface area contributed by atoms with Crippen molar-refractivity contribution in [2.45, 2.75) is 11.3 Å². The molecule has 0 bridgehead atoms. The summed E-state index contributed by atoms with van der Waals surface area (Å²) in [4.78, 5) is 16.6. The van der Waals surface area contributed by atoms with Crippen molar-refractivity contribution in [1.29, 1.82) is 0 Å². The highest BCUT2D eigenvalue weighted by Crippen LogP contribution is 2.30. The van der Waals surface area contributed by atoms with E-state index in [4.69, 9.17) is 11.6 Å². The first-order valence-electron chi connectivity index (χ1n) is 9.66. The Morgan fingerprint density at radius 3 is 2.45 bits per heavy atom. The van der Waals surface area contributed by atoms with Crippen molar-refractivity contribution in [2.75, 3.05) is 6.54 Å². The lowest BCUT2D eigenvalue weighted by molar-refractivity contribution is 0.112. The molecule has 156 valence electrons. The molecule has 0 radical (unpaired) electrons. The number of nitrogens with one attached hydrogen (secondary N) is 1. The second-order valence-electron chi connectivity index (χ2n) is 6.98. The summed E-state index contributed by atoms with van der Waals surface area (Å²) in [6.45, 7) is 0.144. The quantitative estimate of drug-likeness (QED) is 0.407. The minimum absolute atomic E-state index is 0.138. The Labute approximate surface area is 185 Å². The normalized spacial score (nSPS) is 11.5. The maximum absolute atomic E-state index is 12.5. The number of sulfonamides is 1. The molecule has 0 spiro atoms. The average molecular weight is 451 g/mol. The number of hydrogen-bond donors (Lipinski definition) is 1. The number of aromatic nitrogens is 1. The van der Waals surface area contributed by atoms with Crippen LogP contribution in [0.2, 0.25) is 5.02 Å². The van der Waals surface area contributed by atoms with Gasteiger partial charge in [0.05, 0.1) is 10.6 Å². The molecular formula is C24H19ClN2O3S. The highest BCUT2D eigenvalue weighted by Gasteiger charge is 2.16. The SMILES string of the molecule is O=Cc1c(CCNS(=O)(=O)c2ccc(Cl)cc2)ccnc1-c1cccc2ccccc12. The van der Waals surface area contributed by atoms with E-state index in [9.17, 15) is 13.2 Å². The summed E-state index contributed by atoms with van der Waals surface area (Å²) in [5.41, 5.74) is 2.64. The van der Waals surface area contributed by atoms with Gasteiger partial charge in [0.2, 0.25) is 10.0 Å². The van der Waals surface area contributed by atoms with Gasteiger partial charge in [-0.05, 0) is 53.1 Å². The second kappa shape index (κ2) is 8.98. The monoisotopic (exact) mass is 450 g/mol. The smallest absolute Gasteiger partial charge is 0.240 e. The van der Waals surface area contributed by atoms with Crippen LogP contribution < -0.4 is 4.72 Å². The van der Waals surface area contributed by atoms with Gasteiger partial charge in [-0.2, -0.15) is 0 Å². The van der Waals surface area contributed by atoms with Crippen molar-refractivity contribution in [3.63, 3.8) is 0 Å². The zero-order valence-electron chi connectivity index (χ0n) is 16.5. The number of aldehydes is 1. The van der Waals surface area contributed by atoms with E-state index in [2.05, 4.69) is 9.71 Å². The van der Waals surface area contributed by atoms with Gasteiger partial charge >= 0.3 is 0 Å². The van der Waals surface area contributed by atoms with Crippen LogP contribution in [0.4, 0.5) is 0 Å². The third-order valence-electron chi connectivity index (χ3n) is 5.05. The van der Waals surface area contributed by atoms with E-state index < -0.39 is 10.0 Å². The number of hydrogen-bond acceptors (Lipinski definition) is 4. The van der Waals surface area contributed by atoms with Crippen LogP contribution >= 0.6 is 11.6 Å². The van der Waals surface area contributed by atoms with E-state index in [0.717, 1.165) is 28.2 Å². The lowest BCUT2D eigenvalue weighted by Crippen LogP contribution is -2.26. The molecule has 1 N–H and O–H groups in total. The first kappa shape index (κ1) is 21.2. The van der Waals surface area contributed by atoms with Gasteiger partial charge in [0.15, 0.2) is 6.29 Å². The van der Waals surface area contributed by atoms with Gasteiger partial charge in [-0.1, -0.05) is 54.1 Å². The molecule has 0 fully saturated rings. The second-order valence-corrected chi connectivity index (χ2v) is 9.18. The maximum atomic E-state index is 12.5. The highest BCUT2D eigenvalue weighted by molar-refractivity contribution is 7.89. The molecule has 0 aliphatic heterocycles. The van der Waals surface area contributed by atoms with Crippen LogP contribution in [-0.2, 0) is 16.4 Å². The minimum atomic E-state index is -3.67. The molecule has 0 saturated carbocycles. The van der Waals surface area contributed by atoms with Gasteiger partial charge in [-0.3, -0.25) is 9.78 Å². The fraction of sp³-hybridized carbons (Fsp3) is 0.0833. The molecule has 31 heavy (non-hydrogen) atoms. The van der Waals surface area contributed by atoms with Crippen LogP contribution in [0, 0.1) is 0 Å². The van der Waals surface area contributed by atoms with Crippen LogP contribution in [-0.4, -0.2) is 26.2 Å². The number of fused-ring (bicyclic) bond motifs is 1. The van der Waals surface area contributed by atoms with Crippen LogP contribution in [0.25, 0.3) is 22.0 Å². The van der Waals surface area contributed by atoms with Crippen LogP contribution in [0.5, 0.6) is 0 Å². The number of benzene rings is 3. The topological polar surface area (TPSA) is 76.1 Å². The largest absolute Gasteiger partial charge is 0.298 e. The predicted molar refractivity (Wildman–Crippen MR) is 123 cm³/mol. The molecule has 0 amide bonds. The summed E-state index contributed by atoms with van der Waals surface area (Å²) >= 11 is 5.83. The first-order chi connectivity index (χ1) is 15.0. The van der Waals surface area contributed by atoms with Crippen molar-refractivity contribution in [3.05, 3.63) is 95.1 Å². The maximum Gasteiger partial charge on any atom is 0.240 e. The van der Waals surface area contributed by atoms with Crippen LogP contribution in [0.3, 0.4) is 0 Å². The number of nitrogens with zero attached hydrogens (tertiary/aromatic N) is 1. The molecule has 0 aliphatic rings. The van der Waals surface area contributed by atoms with E-state index in [-0.39, 0.29) is 11.4 Å². The zero-order valence-corrected chi connectivity index (χ0v) is 18.0. The standard InChI is InChI=1S/C24H19ClN2O3S/c25-19-8-10-20(11-9-19)31(29,30)27-15-13-18-12-14-26-24(23(18)16-28)22-7-3-5-17-4-1-2-6-21(17)22/h1-12,14,16,27H,13,15H2. The molecule has 0 aliphatic carbocycles. The van der Waals surface area contributed by atoms with Crippen molar-refractivity contribution < 1.29 is 13.2 Å². The third-order valence-corrected chi connectivity index (χ3v) is 6.78. The van der Waals surface area contributed by atoms with E-state index in [1.165, 1.54) is 24.3 Å². The molecule has 0 saturated heterocycles. The van der Waals surface area contributed by atoms with Gasteiger partial charge in [-0.25, -0.2) is 13.1 Å². The fourth-order valence-corrected chi connectivity index (χ4v) is 4.68. The minimum Gasteiger partial charge on any atom is -0.298 e. The van der Waals surface area contributed by atoms with Crippen LogP contribution in [0.1, 0.15) is 15.9 Å². The number of pyridine rings is 1. The first-order valence-corrected chi connectivity index (χ1v) is 11.5. The van der Waals surface area contributed by atoms with Gasteiger partial charge in [0.25, 0.3) is 0 Å². The van der Waals surface area contributed by atoms with Crippen molar-refractivity contribution >= 4 is 38.7 Å². The number of carbonyl (C=O) groups is 1. The lowest BCUT2D eigenvalue weighted by Gasteiger charge is -2.12. The summed E-state index contributed by atoms with van der Waals surface area (Å²) < 4.78 is 27.6. The molecular weight excluding hydrogens is 432 g/mol. The molecule has 1 aromatic heterocycles. The van der Waals surface area contributed by atoms with Gasteiger partial charge in [0.1, 0.15) is 0 Å². The molecule has 0 atom stereocenters. The summed E-state index contributed by atoms with van der Waals surface area (Å²) in [7, 11) is -3.67.